The summed E-state index contributed by atoms with van der Waals surface area (Å²) in [5.74, 6) is 0.756. The zero-order valence-corrected chi connectivity index (χ0v) is 7.98. The van der Waals surface area contributed by atoms with Crippen LogP contribution < -0.4 is 5.43 Å². The summed E-state index contributed by atoms with van der Waals surface area (Å²) in [6, 6.07) is 0.564. The molecule has 0 aliphatic carbocycles. The molecule has 0 aromatic carbocycles. The molecule has 0 saturated heterocycles. The molecule has 1 N–H and O–H groups in total. The van der Waals surface area contributed by atoms with Crippen molar-refractivity contribution in [2.45, 2.75) is 32.7 Å². The fourth-order valence-electron chi connectivity index (χ4n) is 1.16. The van der Waals surface area contributed by atoms with Gasteiger partial charge in [0.1, 0.15) is 4.62 Å². The molecule has 3 heteroatoms. The van der Waals surface area contributed by atoms with Crippen molar-refractivity contribution >= 4 is 20.6 Å². The van der Waals surface area contributed by atoms with Crippen LogP contribution in [0, 0.1) is 5.92 Å². The minimum absolute atomic E-state index is 0.564. The first-order valence-electron chi connectivity index (χ1n) is 3.66. The molecule has 1 heterocycles. The molecule has 0 bridgehead atoms. The Kier molecular flexibility index (Phi) is 2.72. The number of hydrazone groups is 1. The Labute approximate surface area is 70.2 Å². The third-order valence-electron chi connectivity index (χ3n) is 1.54. The van der Waals surface area contributed by atoms with E-state index in [2.05, 4.69) is 40.3 Å². The van der Waals surface area contributed by atoms with E-state index < -0.39 is 0 Å². The van der Waals surface area contributed by atoms with Gasteiger partial charge in [0.05, 0.1) is 6.04 Å². The van der Waals surface area contributed by atoms with E-state index >= 15 is 0 Å². The maximum atomic E-state index is 4.05. The number of nitrogens with one attached hydrogen (secondary N) is 1. The molecule has 1 aliphatic rings. The van der Waals surface area contributed by atoms with Crippen LogP contribution >= 0.6 is 15.9 Å². The Morgan fingerprint density at radius 1 is 1.80 bits per heavy atom. The first-order chi connectivity index (χ1) is 4.68. The van der Waals surface area contributed by atoms with Crippen LogP contribution in [0.2, 0.25) is 0 Å². The summed E-state index contributed by atoms with van der Waals surface area (Å²) >= 11 is 3.36. The Bertz CT molecular complexity index is 143. The maximum absolute atomic E-state index is 4.05. The molecule has 0 aromatic rings. The summed E-state index contributed by atoms with van der Waals surface area (Å²) in [5.41, 5.74) is 3.08. The van der Waals surface area contributed by atoms with Crippen molar-refractivity contribution in [1.29, 1.82) is 0 Å². The highest BCUT2D eigenvalue weighted by atomic mass is 79.9. The summed E-state index contributed by atoms with van der Waals surface area (Å²) < 4.78 is 1.05. The Morgan fingerprint density at radius 2 is 2.50 bits per heavy atom. The topological polar surface area (TPSA) is 24.4 Å². The normalized spacial score (nSPS) is 24.8. The lowest BCUT2D eigenvalue weighted by molar-refractivity contribution is 0.456. The van der Waals surface area contributed by atoms with Crippen LogP contribution in [0.25, 0.3) is 0 Å². The molecular weight excluding hydrogens is 192 g/mol. The van der Waals surface area contributed by atoms with E-state index in [0.717, 1.165) is 17.0 Å². The van der Waals surface area contributed by atoms with Crippen molar-refractivity contribution < 1.29 is 0 Å². The lowest BCUT2D eigenvalue weighted by atomic mass is 10.0. The van der Waals surface area contributed by atoms with Gasteiger partial charge < -0.3 is 5.43 Å². The number of rotatable bonds is 2. The van der Waals surface area contributed by atoms with E-state index in [1.807, 2.05) is 0 Å². The van der Waals surface area contributed by atoms with E-state index in [9.17, 15) is 0 Å². The van der Waals surface area contributed by atoms with Gasteiger partial charge in [0.25, 0.3) is 0 Å². The van der Waals surface area contributed by atoms with Crippen molar-refractivity contribution in [3.05, 3.63) is 0 Å². The van der Waals surface area contributed by atoms with Crippen LogP contribution in [0.15, 0.2) is 5.10 Å². The molecule has 0 spiro atoms. The van der Waals surface area contributed by atoms with Crippen molar-refractivity contribution in [3.8, 4) is 0 Å². The molecule has 58 valence electrons. The standard InChI is InChI=1S/C7H13BrN2/c1-5(2)3-6-4-7(8)10-9-6/h5-6,9H,3-4H2,1-2H3. The second kappa shape index (κ2) is 3.37. The average molecular weight is 205 g/mol. The zero-order chi connectivity index (χ0) is 7.56. The summed E-state index contributed by atoms with van der Waals surface area (Å²) in [4.78, 5) is 0. The molecule has 0 saturated carbocycles. The van der Waals surface area contributed by atoms with Crippen LogP contribution in [0.3, 0.4) is 0 Å². The van der Waals surface area contributed by atoms with E-state index in [4.69, 9.17) is 0 Å². The summed E-state index contributed by atoms with van der Waals surface area (Å²) in [5, 5.41) is 4.05. The first-order valence-corrected chi connectivity index (χ1v) is 4.45. The van der Waals surface area contributed by atoms with Gasteiger partial charge in [-0.1, -0.05) is 13.8 Å². The third-order valence-corrected chi connectivity index (χ3v) is 2.04. The average Bonchev–Trinajstić information content (AvgIpc) is 2.13. The van der Waals surface area contributed by atoms with Crippen molar-refractivity contribution in [1.82, 2.24) is 5.43 Å². The molecule has 1 atom stereocenters. The molecular formula is C7H13BrN2. The number of hydrogen-bond acceptors (Lipinski definition) is 2. The minimum atomic E-state index is 0.564. The molecule has 0 fully saturated rings. The van der Waals surface area contributed by atoms with Gasteiger partial charge in [-0.2, -0.15) is 5.10 Å². The van der Waals surface area contributed by atoms with Crippen molar-refractivity contribution in [2.24, 2.45) is 11.0 Å². The zero-order valence-electron chi connectivity index (χ0n) is 6.39. The Hall–Kier alpha value is -0.0500. The van der Waals surface area contributed by atoms with Gasteiger partial charge in [-0.25, -0.2) is 0 Å². The molecule has 1 rings (SSSR count). The van der Waals surface area contributed by atoms with Crippen LogP contribution in [-0.2, 0) is 0 Å². The highest BCUT2D eigenvalue weighted by Crippen LogP contribution is 2.14. The predicted octanol–water partition coefficient (Wildman–Crippen LogP) is 2.10. The highest BCUT2D eigenvalue weighted by Gasteiger charge is 2.16. The molecule has 1 unspecified atom stereocenters. The maximum Gasteiger partial charge on any atom is 0.105 e. The van der Waals surface area contributed by atoms with Crippen LogP contribution in [0.4, 0.5) is 0 Å². The number of hydrogen-bond donors (Lipinski definition) is 1. The lowest BCUT2D eigenvalue weighted by Crippen LogP contribution is -2.20. The Balaban J connectivity index is 2.23. The van der Waals surface area contributed by atoms with Crippen molar-refractivity contribution in [2.75, 3.05) is 0 Å². The van der Waals surface area contributed by atoms with Gasteiger partial charge in [0, 0.05) is 6.42 Å². The second-order valence-electron chi connectivity index (χ2n) is 3.15. The van der Waals surface area contributed by atoms with E-state index in [1.54, 1.807) is 0 Å². The smallest absolute Gasteiger partial charge is 0.105 e. The van der Waals surface area contributed by atoms with Gasteiger partial charge in [0.15, 0.2) is 0 Å². The highest BCUT2D eigenvalue weighted by molar-refractivity contribution is 9.18. The number of halogens is 1. The third kappa shape index (κ3) is 2.29. The van der Waals surface area contributed by atoms with Gasteiger partial charge in [-0.15, -0.1) is 0 Å². The lowest BCUT2D eigenvalue weighted by Gasteiger charge is -2.10. The summed E-state index contributed by atoms with van der Waals surface area (Å²) in [7, 11) is 0. The monoisotopic (exact) mass is 204 g/mol. The van der Waals surface area contributed by atoms with Crippen molar-refractivity contribution in [3.63, 3.8) is 0 Å². The largest absolute Gasteiger partial charge is 0.306 e. The Morgan fingerprint density at radius 3 is 2.90 bits per heavy atom. The molecule has 2 nitrogen and oxygen atoms in total. The van der Waals surface area contributed by atoms with E-state index in [1.165, 1.54) is 6.42 Å². The molecule has 10 heavy (non-hydrogen) atoms. The molecule has 0 aromatic heterocycles. The first kappa shape index (κ1) is 8.05. The van der Waals surface area contributed by atoms with Crippen LogP contribution in [-0.4, -0.2) is 10.7 Å². The predicted molar refractivity (Wildman–Crippen MR) is 47.4 cm³/mol. The van der Waals surface area contributed by atoms with E-state index in [0.29, 0.717) is 6.04 Å². The molecule has 0 amide bonds. The van der Waals surface area contributed by atoms with Gasteiger partial charge in [-0.05, 0) is 28.3 Å². The fraction of sp³-hybridized carbons (Fsp3) is 0.857. The second-order valence-corrected chi connectivity index (χ2v) is 4.06. The molecule has 1 aliphatic heterocycles. The number of nitrogens with zero attached hydrogens (tertiary/aromatic N) is 1. The summed E-state index contributed by atoms with van der Waals surface area (Å²) in [6.45, 7) is 4.46. The van der Waals surface area contributed by atoms with Gasteiger partial charge in [-0.3, -0.25) is 0 Å². The van der Waals surface area contributed by atoms with Crippen LogP contribution in [0.1, 0.15) is 26.7 Å². The fourth-order valence-corrected chi connectivity index (χ4v) is 1.65. The van der Waals surface area contributed by atoms with Gasteiger partial charge >= 0.3 is 0 Å². The van der Waals surface area contributed by atoms with Crippen LogP contribution in [0.5, 0.6) is 0 Å². The SMILES string of the molecule is CC(C)CC1CC(Br)=NN1. The minimum Gasteiger partial charge on any atom is -0.306 e. The summed E-state index contributed by atoms with van der Waals surface area (Å²) in [6.07, 6.45) is 2.26. The van der Waals surface area contributed by atoms with E-state index in [-0.39, 0.29) is 0 Å². The van der Waals surface area contributed by atoms with Gasteiger partial charge in [0.2, 0.25) is 0 Å². The quantitative estimate of drug-likeness (QED) is 0.733. The molecule has 0 radical (unpaired) electrons.